The van der Waals surface area contributed by atoms with Crippen LogP contribution in [-0.4, -0.2) is 29.8 Å². The molecule has 1 aromatic heterocycles. The number of carbonyl (C=O) groups excluding carboxylic acids is 2. The van der Waals surface area contributed by atoms with Crippen molar-refractivity contribution in [2.24, 2.45) is 17.1 Å². The summed E-state index contributed by atoms with van der Waals surface area (Å²) in [7, 11) is 0. The molecule has 2 N–H and O–H groups in total. The molecule has 0 aromatic carbocycles. The van der Waals surface area contributed by atoms with Gasteiger partial charge in [-0.05, 0) is 44.2 Å². The van der Waals surface area contributed by atoms with E-state index in [1.807, 2.05) is 24.0 Å². The minimum absolute atomic E-state index is 0.0502. The zero-order chi connectivity index (χ0) is 15.0. The highest BCUT2D eigenvalue weighted by Gasteiger charge is 2.45. The van der Waals surface area contributed by atoms with Crippen LogP contribution in [0.5, 0.6) is 0 Å². The van der Waals surface area contributed by atoms with Crippen LogP contribution in [0.1, 0.15) is 46.7 Å². The van der Waals surface area contributed by atoms with Crippen molar-refractivity contribution in [3.63, 3.8) is 0 Å². The van der Waals surface area contributed by atoms with Crippen molar-refractivity contribution < 1.29 is 9.59 Å². The molecule has 1 saturated carbocycles. The van der Waals surface area contributed by atoms with E-state index in [0.717, 1.165) is 35.6 Å². The van der Waals surface area contributed by atoms with Gasteiger partial charge in [-0.25, -0.2) is 0 Å². The average molecular weight is 306 g/mol. The topological polar surface area (TPSA) is 63.4 Å². The fraction of sp³-hybridized carbons (Fsp3) is 0.625. The third kappa shape index (κ3) is 2.98. The molecule has 0 bridgehead atoms. The van der Waals surface area contributed by atoms with Crippen LogP contribution in [0.2, 0.25) is 0 Å². The lowest BCUT2D eigenvalue weighted by atomic mass is 9.75. The van der Waals surface area contributed by atoms with Crippen LogP contribution in [0, 0.1) is 18.3 Å². The number of thiophene rings is 1. The minimum atomic E-state index is -0.499. The Morgan fingerprint density at radius 3 is 2.76 bits per heavy atom. The van der Waals surface area contributed by atoms with Crippen molar-refractivity contribution in [1.82, 2.24) is 4.90 Å². The summed E-state index contributed by atoms with van der Waals surface area (Å²) in [4.78, 5) is 28.4. The Labute approximate surface area is 129 Å². The second kappa shape index (κ2) is 5.44. The lowest BCUT2D eigenvalue weighted by molar-refractivity contribution is -0.131. The summed E-state index contributed by atoms with van der Waals surface area (Å²) >= 11 is 1.52. The van der Waals surface area contributed by atoms with Gasteiger partial charge in [0.1, 0.15) is 0 Å². The van der Waals surface area contributed by atoms with Gasteiger partial charge in [0, 0.05) is 18.0 Å². The summed E-state index contributed by atoms with van der Waals surface area (Å²) < 4.78 is 0. The molecule has 114 valence electrons. The zero-order valence-corrected chi connectivity index (χ0v) is 13.2. The first-order valence-corrected chi connectivity index (χ1v) is 8.47. The largest absolute Gasteiger partial charge is 0.369 e. The maximum atomic E-state index is 12.6. The molecule has 0 radical (unpaired) electrons. The van der Waals surface area contributed by atoms with Crippen molar-refractivity contribution in [3.05, 3.63) is 21.9 Å². The van der Waals surface area contributed by atoms with Crippen LogP contribution in [-0.2, 0) is 4.79 Å². The van der Waals surface area contributed by atoms with Crippen LogP contribution >= 0.6 is 11.3 Å². The fourth-order valence-corrected chi connectivity index (χ4v) is 4.19. The second-order valence-corrected chi connectivity index (χ2v) is 7.82. The predicted molar refractivity (Wildman–Crippen MR) is 83.2 cm³/mol. The molecule has 2 amide bonds. The van der Waals surface area contributed by atoms with Gasteiger partial charge < -0.3 is 10.6 Å². The summed E-state index contributed by atoms with van der Waals surface area (Å²) in [6.07, 6.45) is 4.95. The van der Waals surface area contributed by atoms with E-state index in [9.17, 15) is 9.59 Å². The van der Waals surface area contributed by atoms with Gasteiger partial charge >= 0.3 is 0 Å². The van der Waals surface area contributed by atoms with E-state index in [-0.39, 0.29) is 11.8 Å². The van der Waals surface area contributed by atoms with Crippen molar-refractivity contribution in [2.75, 3.05) is 13.1 Å². The first-order valence-electron chi connectivity index (χ1n) is 7.66. The highest BCUT2D eigenvalue weighted by Crippen LogP contribution is 2.44. The van der Waals surface area contributed by atoms with Gasteiger partial charge in [-0.15, -0.1) is 11.3 Å². The molecule has 1 aliphatic heterocycles. The van der Waals surface area contributed by atoms with Gasteiger partial charge in [0.2, 0.25) is 5.91 Å². The van der Waals surface area contributed by atoms with Crippen molar-refractivity contribution >= 4 is 23.2 Å². The highest BCUT2D eigenvalue weighted by molar-refractivity contribution is 7.13. The summed E-state index contributed by atoms with van der Waals surface area (Å²) in [6, 6.07) is 3.84. The number of hydrogen-bond donors (Lipinski definition) is 1. The fourth-order valence-electron chi connectivity index (χ4n) is 3.35. The number of piperidine rings is 1. The number of aryl methyl sites for hydroxylation is 1. The first kappa shape index (κ1) is 14.6. The Morgan fingerprint density at radius 1 is 1.43 bits per heavy atom. The lowest BCUT2D eigenvalue weighted by Crippen LogP contribution is -2.52. The Hall–Kier alpha value is -1.36. The van der Waals surface area contributed by atoms with E-state index in [0.29, 0.717) is 12.5 Å². The number of hydrogen-bond acceptors (Lipinski definition) is 3. The number of amides is 2. The van der Waals surface area contributed by atoms with Crippen LogP contribution in [0.4, 0.5) is 0 Å². The molecule has 2 fully saturated rings. The molecule has 1 aliphatic carbocycles. The maximum Gasteiger partial charge on any atom is 0.263 e. The quantitative estimate of drug-likeness (QED) is 0.929. The summed E-state index contributed by atoms with van der Waals surface area (Å²) in [5.41, 5.74) is 5.21. The van der Waals surface area contributed by atoms with Gasteiger partial charge in [0.15, 0.2) is 0 Å². The van der Waals surface area contributed by atoms with Gasteiger partial charge in [0.05, 0.1) is 10.3 Å². The van der Waals surface area contributed by atoms with Crippen molar-refractivity contribution in [1.29, 1.82) is 0 Å². The number of carbonyl (C=O) groups is 2. The lowest BCUT2D eigenvalue weighted by Gasteiger charge is -2.40. The van der Waals surface area contributed by atoms with E-state index in [1.165, 1.54) is 24.2 Å². The minimum Gasteiger partial charge on any atom is -0.369 e. The van der Waals surface area contributed by atoms with Crippen LogP contribution in [0.3, 0.4) is 0 Å². The standard InChI is InChI=1S/C16H22N2O2S/c1-11-3-6-13(21-11)14(19)18-8-2-7-16(10-18,15(17)20)9-12-4-5-12/h3,6,12H,2,4-5,7-10H2,1H3,(H2,17,20). The molecule has 2 heterocycles. The van der Waals surface area contributed by atoms with Crippen molar-refractivity contribution in [2.45, 2.75) is 39.0 Å². The van der Waals surface area contributed by atoms with Gasteiger partial charge in [0.25, 0.3) is 5.91 Å². The van der Waals surface area contributed by atoms with E-state index < -0.39 is 5.41 Å². The van der Waals surface area contributed by atoms with Crippen LogP contribution < -0.4 is 5.73 Å². The molecular formula is C16H22N2O2S. The van der Waals surface area contributed by atoms with Crippen molar-refractivity contribution in [3.8, 4) is 0 Å². The Bertz CT molecular complexity index is 564. The number of nitrogens with zero attached hydrogens (tertiary/aromatic N) is 1. The Morgan fingerprint density at radius 2 is 2.19 bits per heavy atom. The molecule has 1 aromatic rings. The molecule has 0 spiro atoms. The predicted octanol–water partition coefficient (Wildman–Crippen LogP) is 2.56. The number of primary amides is 1. The zero-order valence-electron chi connectivity index (χ0n) is 12.4. The monoisotopic (exact) mass is 306 g/mol. The average Bonchev–Trinajstić information content (AvgIpc) is 3.16. The molecule has 5 heteroatoms. The molecule has 1 atom stereocenters. The molecular weight excluding hydrogens is 284 g/mol. The van der Waals surface area contributed by atoms with Gasteiger partial charge in [-0.1, -0.05) is 12.8 Å². The normalized spacial score (nSPS) is 25.9. The van der Waals surface area contributed by atoms with Gasteiger partial charge in [-0.3, -0.25) is 9.59 Å². The summed E-state index contributed by atoms with van der Waals surface area (Å²) in [6.45, 7) is 3.22. The Kier molecular flexibility index (Phi) is 3.78. The van der Waals surface area contributed by atoms with Gasteiger partial charge in [-0.2, -0.15) is 0 Å². The first-order chi connectivity index (χ1) is 10.00. The van der Waals surface area contributed by atoms with E-state index in [1.54, 1.807) is 0 Å². The molecule has 1 saturated heterocycles. The van der Waals surface area contributed by atoms with Crippen LogP contribution in [0.25, 0.3) is 0 Å². The van der Waals surface area contributed by atoms with E-state index in [4.69, 9.17) is 5.73 Å². The summed E-state index contributed by atoms with van der Waals surface area (Å²) in [5.74, 6) is 0.458. The highest BCUT2D eigenvalue weighted by atomic mass is 32.1. The molecule has 4 nitrogen and oxygen atoms in total. The molecule has 3 rings (SSSR count). The third-order valence-corrected chi connectivity index (χ3v) is 5.70. The third-order valence-electron chi connectivity index (χ3n) is 4.71. The van der Waals surface area contributed by atoms with Crippen LogP contribution in [0.15, 0.2) is 12.1 Å². The number of likely N-dealkylation sites (tertiary alicyclic amines) is 1. The molecule has 2 aliphatic rings. The van der Waals surface area contributed by atoms with E-state index in [2.05, 4.69) is 0 Å². The smallest absolute Gasteiger partial charge is 0.263 e. The SMILES string of the molecule is Cc1ccc(C(=O)N2CCCC(CC3CC3)(C(N)=O)C2)s1. The summed E-state index contributed by atoms with van der Waals surface area (Å²) in [5, 5.41) is 0. The second-order valence-electron chi connectivity index (χ2n) is 6.53. The number of rotatable bonds is 4. The Balaban J connectivity index is 1.77. The molecule has 1 unspecified atom stereocenters. The van der Waals surface area contributed by atoms with E-state index >= 15 is 0 Å². The molecule has 21 heavy (non-hydrogen) atoms. The maximum absolute atomic E-state index is 12.6. The number of nitrogens with two attached hydrogens (primary N) is 1.